The van der Waals surface area contributed by atoms with Gasteiger partial charge in [0, 0.05) is 6.54 Å². The zero-order valence-electron chi connectivity index (χ0n) is 11.6. The van der Waals surface area contributed by atoms with Crippen LogP contribution in [0.25, 0.3) is 0 Å². The predicted octanol–water partition coefficient (Wildman–Crippen LogP) is 3.05. The number of hydrogen-bond acceptors (Lipinski definition) is 4. The van der Waals surface area contributed by atoms with Crippen LogP contribution in [0.5, 0.6) is 5.75 Å². The quantitative estimate of drug-likeness (QED) is 0.726. The predicted molar refractivity (Wildman–Crippen MR) is 76.3 cm³/mol. The molecule has 0 amide bonds. The van der Waals surface area contributed by atoms with E-state index in [4.69, 9.17) is 14.4 Å². The second-order valence-electron chi connectivity index (χ2n) is 4.63. The highest BCUT2D eigenvalue weighted by Crippen LogP contribution is 2.16. The van der Waals surface area contributed by atoms with E-state index in [0.717, 1.165) is 25.3 Å². The number of benzene rings is 1. The summed E-state index contributed by atoms with van der Waals surface area (Å²) >= 11 is 0. The highest BCUT2D eigenvalue weighted by molar-refractivity contribution is 5.42. The van der Waals surface area contributed by atoms with Crippen molar-refractivity contribution in [2.24, 2.45) is 0 Å². The summed E-state index contributed by atoms with van der Waals surface area (Å²) in [4.78, 5) is 2.18. The maximum Gasteiger partial charge on any atom is 0.137 e. The van der Waals surface area contributed by atoms with Gasteiger partial charge >= 0.3 is 0 Å². The van der Waals surface area contributed by atoms with Crippen molar-refractivity contribution in [2.75, 3.05) is 20.2 Å². The molecule has 1 heterocycles. The molecule has 0 saturated carbocycles. The SMILES string of the molecule is CN(CCCOc1ccccc1C#N)Cc1ccco1. The fraction of sp³-hybridized carbons (Fsp3) is 0.312. The summed E-state index contributed by atoms with van der Waals surface area (Å²) in [5.41, 5.74) is 0.580. The number of nitrogens with zero attached hydrogens (tertiary/aromatic N) is 2. The van der Waals surface area contributed by atoms with Crippen LogP contribution in [0.2, 0.25) is 0 Å². The van der Waals surface area contributed by atoms with E-state index >= 15 is 0 Å². The minimum atomic E-state index is 0.580. The summed E-state index contributed by atoms with van der Waals surface area (Å²) in [6.45, 7) is 2.30. The molecule has 0 radical (unpaired) electrons. The number of para-hydroxylation sites is 1. The molecule has 4 nitrogen and oxygen atoms in total. The third kappa shape index (κ3) is 4.15. The summed E-state index contributed by atoms with van der Waals surface area (Å²) in [6, 6.07) is 13.3. The Kier molecular flexibility index (Phi) is 5.22. The summed E-state index contributed by atoms with van der Waals surface area (Å²) < 4.78 is 10.9. The molecule has 1 aromatic heterocycles. The van der Waals surface area contributed by atoms with E-state index in [-0.39, 0.29) is 0 Å². The van der Waals surface area contributed by atoms with Crippen molar-refractivity contribution < 1.29 is 9.15 Å². The van der Waals surface area contributed by atoms with E-state index < -0.39 is 0 Å². The smallest absolute Gasteiger partial charge is 0.137 e. The van der Waals surface area contributed by atoms with E-state index in [1.807, 2.05) is 37.4 Å². The van der Waals surface area contributed by atoms with Gasteiger partial charge < -0.3 is 9.15 Å². The topological polar surface area (TPSA) is 49.4 Å². The fourth-order valence-corrected chi connectivity index (χ4v) is 1.95. The van der Waals surface area contributed by atoms with Gasteiger partial charge in [-0.1, -0.05) is 12.1 Å². The number of furan rings is 1. The largest absolute Gasteiger partial charge is 0.492 e. The van der Waals surface area contributed by atoms with Crippen molar-refractivity contribution in [1.82, 2.24) is 4.90 Å². The Morgan fingerprint density at radius 1 is 1.25 bits per heavy atom. The van der Waals surface area contributed by atoms with Gasteiger partial charge in [-0.3, -0.25) is 4.90 Å². The van der Waals surface area contributed by atoms with Gasteiger partial charge in [-0.05, 0) is 37.7 Å². The van der Waals surface area contributed by atoms with Crippen molar-refractivity contribution in [2.45, 2.75) is 13.0 Å². The Labute approximate surface area is 119 Å². The second-order valence-corrected chi connectivity index (χ2v) is 4.63. The molecular formula is C16H18N2O2. The number of nitriles is 1. The number of ether oxygens (including phenoxy) is 1. The zero-order chi connectivity index (χ0) is 14.2. The highest BCUT2D eigenvalue weighted by Gasteiger charge is 2.04. The molecule has 0 saturated heterocycles. The third-order valence-corrected chi connectivity index (χ3v) is 2.96. The van der Waals surface area contributed by atoms with Crippen molar-refractivity contribution in [3.63, 3.8) is 0 Å². The van der Waals surface area contributed by atoms with Crippen molar-refractivity contribution in [1.29, 1.82) is 5.26 Å². The average Bonchev–Trinajstić information content (AvgIpc) is 2.97. The Balaban J connectivity index is 1.70. The molecule has 2 aromatic rings. The molecule has 0 aliphatic carbocycles. The van der Waals surface area contributed by atoms with Crippen LogP contribution in [-0.4, -0.2) is 25.1 Å². The number of rotatable bonds is 7. The van der Waals surface area contributed by atoms with Crippen molar-refractivity contribution in [3.8, 4) is 11.8 Å². The highest BCUT2D eigenvalue weighted by atomic mass is 16.5. The van der Waals surface area contributed by atoms with Gasteiger partial charge in [0.2, 0.25) is 0 Å². The Morgan fingerprint density at radius 3 is 2.85 bits per heavy atom. The van der Waals surface area contributed by atoms with Crippen LogP contribution in [0.15, 0.2) is 47.1 Å². The molecular weight excluding hydrogens is 252 g/mol. The van der Waals surface area contributed by atoms with Crippen LogP contribution in [0.3, 0.4) is 0 Å². The maximum atomic E-state index is 8.96. The van der Waals surface area contributed by atoms with Gasteiger partial charge in [-0.25, -0.2) is 0 Å². The lowest BCUT2D eigenvalue weighted by Crippen LogP contribution is -2.20. The first kappa shape index (κ1) is 14.2. The van der Waals surface area contributed by atoms with Gasteiger partial charge in [0.25, 0.3) is 0 Å². The minimum Gasteiger partial charge on any atom is -0.492 e. The van der Waals surface area contributed by atoms with E-state index in [0.29, 0.717) is 17.9 Å². The van der Waals surface area contributed by atoms with Crippen LogP contribution in [0, 0.1) is 11.3 Å². The van der Waals surface area contributed by atoms with Crippen LogP contribution < -0.4 is 4.74 Å². The van der Waals surface area contributed by atoms with E-state index in [2.05, 4.69) is 11.0 Å². The molecule has 0 bridgehead atoms. The van der Waals surface area contributed by atoms with E-state index in [9.17, 15) is 0 Å². The first-order valence-corrected chi connectivity index (χ1v) is 6.62. The molecule has 4 heteroatoms. The van der Waals surface area contributed by atoms with Gasteiger partial charge in [0.05, 0.1) is 25.0 Å². The molecule has 0 aliphatic rings. The van der Waals surface area contributed by atoms with Gasteiger partial charge in [-0.15, -0.1) is 0 Å². The molecule has 104 valence electrons. The summed E-state index contributed by atoms with van der Waals surface area (Å²) in [5.74, 6) is 1.62. The van der Waals surface area contributed by atoms with Crippen LogP contribution >= 0.6 is 0 Å². The normalized spacial score (nSPS) is 10.4. The molecule has 1 aromatic carbocycles. The summed E-state index contributed by atoms with van der Waals surface area (Å²) in [6.07, 6.45) is 2.59. The average molecular weight is 270 g/mol. The molecule has 0 aliphatic heterocycles. The molecule has 0 unspecified atom stereocenters. The minimum absolute atomic E-state index is 0.580. The molecule has 0 fully saturated rings. The molecule has 20 heavy (non-hydrogen) atoms. The van der Waals surface area contributed by atoms with Crippen LogP contribution in [0.1, 0.15) is 17.7 Å². The van der Waals surface area contributed by atoms with Crippen molar-refractivity contribution >= 4 is 0 Å². The van der Waals surface area contributed by atoms with E-state index in [1.54, 1.807) is 12.3 Å². The molecule has 0 N–H and O–H groups in total. The Morgan fingerprint density at radius 2 is 2.10 bits per heavy atom. The zero-order valence-corrected chi connectivity index (χ0v) is 11.6. The van der Waals surface area contributed by atoms with Crippen LogP contribution in [-0.2, 0) is 6.54 Å². The first-order valence-electron chi connectivity index (χ1n) is 6.62. The lowest BCUT2D eigenvalue weighted by molar-refractivity contribution is 0.247. The first-order chi connectivity index (χ1) is 9.79. The standard InChI is InChI=1S/C16H18N2O2/c1-18(13-15-7-4-10-19-15)9-5-11-20-16-8-3-2-6-14(16)12-17/h2-4,6-8,10H,5,9,11,13H2,1H3. The Bertz CT molecular complexity index is 558. The monoisotopic (exact) mass is 270 g/mol. The molecule has 0 spiro atoms. The molecule has 0 atom stereocenters. The lowest BCUT2D eigenvalue weighted by atomic mass is 10.2. The van der Waals surface area contributed by atoms with Crippen molar-refractivity contribution in [3.05, 3.63) is 54.0 Å². The summed E-state index contributed by atoms with van der Waals surface area (Å²) in [7, 11) is 2.05. The van der Waals surface area contributed by atoms with Gasteiger partial charge in [-0.2, -0.15) is 5.26 Å². The number of hydrogen-bond donors (Lipinski definition) is 0. The maximum absolute atomic E-state index is 8.96. The molecule has 2 rings (SSSR count). The lowest BCUT2D eigenvalue weighted by Gasteiger charge is -2.15. The third-order valence-electron chi connectivity index (χ3n) is 2.96. The van der Waals surface area contributed by atoms with Gasteiger partial charge in [0.1, 0.15) is 17.6 Å². The van der Waals surface area contributed by atoms with E-state index in [1.165, 1.54) is 0 Å². The Hall–Kier alpha value is -2.25. The summed E-state index contributed by atoms with van der Waals surface area (Å²) in [5, 5.41) is 8.96. The van der Waals surface area contributed by atoms with Crippen LogP contribution in [0.4, 0.5) is 0 Å². The fourth-order valence-electron chi connectivity index (χ4n) is 1.95. The van der Waals surface area contributed by atoms with Gasteiger partial charge in [0.15, 0.2) is 0 Å². The second kappa shape index (κ2) is 7.37.